The second-order valence-corrected chi connectivity index (χ2v) is 7.67. The highest BCUT2D eigenvalue weighted by Crippen LogP contribution is 2.28. The first kappa shape index (κ1) is 17.0. The highest BCUT2D eigenvalue weighted by molar-refractivity contribution is 6.09. The van der Waals surface area contributed by atoms with E-state index in [4.69, 9.17) is 0 Å². The lowest BCUT2D eigenvalue weighted by molar-refractivity contribution is 0.0996. The van der Waals surface area contributed by atoms with Crippen LogP contribution >= 0.6 is 0 Å². The summed E-state index contributed by atoms with van der Waals surface area (Å²) in [5.74, 6) is 0.969. The Bertz CT molecular complexity index is 1010. The van der Waals surface area contributed by atoms with Crippen LogP contribution < -0.4 is 9.80 Å². The lowest BCUT2D eigenvalue weighted by Gasteiger charge is -2.16. The van der Waals surface area contributed by atoms with Gasteiger partial charge in [-0.3, -0.25) is 14.4 Å². The summed E-state index contributed by atoms with van der Waals surface area (Å²) in [6, 6.07) is 4.30. The Hall–Kier alpha value is -3.16. The van der Waals surface area contributed by atoms with E-state index >= 15 is 0 Å². The topological polar surface area (TPSA) is 72.1 Å². The van der Waals surface area contributed by atoms with Crippen LogP contribution in [0.4, 0.5) is 11.5 Å². The van der Waals surface area contributed by atoms with Crippen molar-refractivity contribution in [3.05, 3.63) is 48.2 Å². The molecule has 2 aliphatic heterocycles. The molecule has 0 N–H and O–H groups in total. The van der Waals surface area contributed by atoms with E-state index in [1.807, 2.05) is 29.2 Å². The normalized spacial score (nSPS) is 16.5. The van der Waals surface area contributed by atoms with Crippen molar-refractivity contribution in [1.82, 2.24) is 24.5 Å². The van der Waals surface area contributed by atoms with Gasteiger partial charge in [0.15, 0.2) is 0 Å². The molecule has 0 aliphatic carbocycles. The molecule has 1 saturated heterocycles. The summed E-state index contributed by atoms with van der Waals surface area (Å²) in [6.07, 6.45) is 9.72. The number of carbonyl (C=O) groups is 1. The van der Waals surface area contributed by atoms with Crippen LogP contribution in [0.25, 0.3) is 5.69 Å². The highest BCUT2D eigenvalue weighted by Gasteiger charge is 2.32. The summed E-state index contributed by atoms with van der Waals surface area (Å²) < 4.78 is 3.60. The number of anilines is 2. The SMILES string of the molecule is CC(C)n1cc(N2Cc3nn(-c4ccc(N5CCCC5)nc4)cc3C2=O)cn1. The van der Waals surface area contributed by atoms with Crippen LogP contribution in [0.1, 0.15) is 48.8 Å². The Morgan fingerprint density at radius 1 is 1.04 bits per heavy atom. The van der Waals surface area contributed by atoms with Crippen molar-refractivity contribution in [1.29, 1.82) is 0 Å². The molecule has 1 amide bonds. The Morgan fingerprint density at radius 2 is 1.86 bits per heavy atom. The molecule has 0 radical (unpaired) electrons. The highest BCUT2D eigenvalue weighted by atomic mass is 16.2. The van der Waals surface area contributed by atoms with Gasteiger partial charge in [-0.15, -0.1) is 0 Å². The van der Waals surface area contributed by atoms with Gasteiger partial charge < -0.3 is 4.90 Å². The zero-order valence-electron chi connectivity index (χ0n) is 16.1. The predicted octanol–water partition coefficient (Wildman–Crippen LogP) is 2.81. The van der Waals surface area contributed by atoms with Crippen LogP contribution in [0.5, 0.6) is 0 Å². The van der Waals surface area contributed by atoms with E-state index in [-0.39, 0.29) is 11.9 Å². The van der Waals surface area contributed by atoms with Crippen molar-refractivity contribution < 1.29 is 4.79 Å². The standard InChI is InChI=1S/C20H23N7O/c1-14(2)26-11-16(10-22-26)25-13-18-17(20(25)28)12-27(23-18)15-5-6-19(21-9-15)24-7-3-4-8-24/h5-6,9-12,14H,3-4,7-8,13H2,1-2H3. The summed E-state index contributed by atoms with van der Waals surface area (Å²) in [6.45, 7) is 6.72. The third-order valence-electron chi connectivity index (χ3n) is 5.43. The fraction of sp³-hybridized carbons (Fsp3) is 0.400. The third kappa shape index (κ3) is 2.76. The smallest absolute Gasteiger partial charge is 0.262 e. The van der Waals surface area contributed by atoms with E-state index in [2.05, 4.69) is 33.9 Å². The number of carbonyl (C=O) groups excluding carboxylic acids is 1. The molecule has 0 saturated carbocycles. The number of pyridine rings is 1. The van der Waals surface area contributed by atoms with Crippen molar-refractivity contribution in [2.75, 3.05) is 22.9 Å². The first-order valence-electron chi connectivity index (χ1n) is 9.76. The van der Waals surface area contributed by atoms with Gasteiger partial charge in [0.1, 0.15) is 5.82 Å². The number of nitrogens with zero attached hydrogens (tertiary/aromatic N) is 7. The molecule has 0 atom stereocenters. The summed E-state index contributed by atoms with van der Waals surface area (Å²) in [4.78, 5) is 21.5. The summed E-state index contributed by atoms with van der Waals surface area (Å²) >= 11 is 0. The molecule has 144 valence electrons. The van der Waals surface area contributed by atoms with Crippen molar-refractivity contribution in [2.45, 2.75) is 39.3 Å². The summed E-state index contributed by atoms with van der Waals surface area (Å²) in [7, 11) is 0. The molecule has 5 heterocycles. The van der Waals surface area contributed by atoms with Crippen LogP contribution in [0, 0.1) is 0 Å². The lowest BCUT2D eigenvalue weighted by Crippen LogP contribution is -2.23. The second kappa shape index (κ2) is 6.47. The van der Waals surface area contributed by atoms with E-state index in [1.54, 1.807) is 22.0 Å². The molecule has 8 heteroatoms. The molecule has 2 aliphatic rings. The van der Waals surface area contributed by atoms with Gasteiger partial charge in [-0.25, -0.2) is 9.67 Å². The monoisotopic (exact) mass is 377 g/mol. The second-order valence-electron chi connectivity index (χ2n) is 7.67. The molecule has 28 heavy (non-hydrogen) atoms. The largest absolute Gasteiger partial charge is 0.357 e. The first-order chi connectivity index (χ1) is 13.6. The zero-order chi connectivity index (χ0) is 19.3. The third-order valence-corrected chi connectivity index (χ3v) is 5.43. The fourth-order valence-electron chi connectivity index (χ4n) is 3.81. The van der Waals surface area contributed by atoms with Gasteiger partial charge in [0.2, 0.25) is 0 Å². The number of hydrogen-bond acceptors (Lipinski definition) is 5. The minimum absolute atomic E-state index is 0.0359. The maximum Gasteiger partial charge on any atom is 0.262 e. The summed E-state index contributed by atoms with van der Waals surface area (Å²) in [5, 5.41) is 8.96. The van der Waals surface area contributed by atoms with Gasteiger partial charge >= 0.3 is 0 Å². The minimum atomic E-state index is -0.0359. The zero-order valence-corrected chi connectivity index (χ0v) is 16.1. The van der Waals surface area contributed by atoms with Gasteiger partial charge in [0, 0.05) is 31.5 Å². The Morgan fingerprint density at radius 3 is 2.50 bits per heavy atom. The van der Waals surface area contributed by atoms with E-state index in [9.17, 15) is 4.79 Å². The first-order valence-corrected chi connectivity index (χ1v) is 9.76. The molecule has 1 fully saturated rings. The Balaban J connectivity index is 1.36. The molecular formula is C20H23N7O. The van der Waals surface area contributed by atoms with E-state index in [0.717, 1.165) is 36.0 Å². The van der Waals surface area contributed by atoms with E-state index < -0.39 is 0 Å². The quantitative estimate of drug-likeness (QED) is 0.699. The molecule has 0 bridgehead atoms. The Labute approximate surface area is 163 Å². The lowest BCUT2D eigenvalue weighted by atomic mass is 10.3. The number of fused-ring (bicyclic) bond motifs is 1. The number of aromatic nitrogens is 5. The minimum Gasteiger partial charge on any atom is -0.357 e. The van der Waals surface area contributed by atoms with E-state index in [1.165, 1.54) is 12.8 Å². The van der Waals surface area contributed by atoms with Crippen LogP contribution in [-0.2, 0) is 6.54 Å². The van der Waals surface area contributed by atoms with Crippen LogP contribution in [-0.4, -0.2) is 43.5 Å². The van der Waals surface area contributed by atoms with Crippen molar-refractivity contribution in [3.8, 4) is 5.69 Å². The fourth-order valence-corrected chi connectivity index (χ4v) is 3.81. The number of rotatable bonds is 4. The molecule has 3 aromatic rings. The van der Waals surface area contributed by atoms with Crippen LogP contribution in [0.2, 0.25) is 0 Å². The van der Waals surface area contributed by atoms with E-state index in [0.29, 0.717) is 12.1 Å². The predicted molar refractivity (Wildman–Crippen MR) is 106 cm³/mol. The van der Waals surface area contributed by atoms with Gasteiger partial charge in [-0.2, -0.15) is 10.2 Å². The summed E-state index contributed by atoms with van der Waals surface area (Å²) in [5.41, 5.74) is 3.09. The Kier molecular flexibility index (Phi) is 3.92. The van der Waals surface area contributed by atoms with Gasteiger partial charge in [0.05, 0.1) is 41.6 Å². The van der Waals surface area contributed by atoms with Crippen molar-refractivity contribution in [2.24, 2.45) is 0 Å². The number of amides is 1. The molecule has 0 spiro atoms. The van der Waals surface area contributed by atoms with Gasteiger partial charge in [-0.1, -0.05) is 0 Å². The average Bonchev–Trinajstić information content (AvgIpc) is 3.47. The van der Waals surface area contributed by atoms with Crippen molar-refractivity contribution >= 4 is 17.4 Å². The molecule has 8 nitrogen and oxygen atoms in total. The number of hydrogen-bond donors (Lipinski definition) is 0. The molecular weight excluding hydrogens is 354 g/mol. The maximum absolute atomic E-state index is 12.9. The van der Waals surface area contributed by atoms with Gasteiger partial charge in [0.25, 0.3) is 5.91 Å². The van der Waals surface area contributed by atoms with Crippen LogP contribution in [0.15, 0.2) is 36.9 Å². The van der Waals surface area contributed by atoms with Crippen LogP contribution in [0.3, 0.4) is 0 Å². The molecule has 3 aromatic heterocycles. The maximum atomic E-state index is 12.9. The van der Waals surface area contributed by atoms with Crippen molar-refractivity contribution in [3.63, 3.8) is 0 Å². The molecule has 5 rings (SSSR count). The van der Waals surface area contributed by atoms with Gasteiger partial charge in [-0.05, 0) is 38.8 Å². The molecule has 0 unspecified atom stereocenters. The molecule has 0 aromatic carbocycles. The average molecular weight is 377 g/mol.